The molecule has 1 amide bonds. The Kier molecular flexibility index (Phi) is 6.60. The van der Waals surface area contributed by atoms with E-state index >= 15 is 0 Å². The number of amides is 1. The van der Waals surface area contributed by atoms with Gasteiger partial charge in [0.05, 0.1) is 19.1 Å². The Morgan fingerprint density at radius 2 is 2.00 bits per heavy atom. The van der Waals surface area contributed by atoms with Crippen molar-refractivity contribution in [3.63, 3.8) is 0 Å². The zero-order valence-electron chi connectivity index (χ0n) is 12.1. The number of rotatable bonds is 7. The maximum Gasteiger partial charge on any atom is 0.229 e. The summed E-state index contributed by atoms with van der Waals surface area (Å²) in [4.78, 5) is 16.2. The van der Waals surface area contributed by atoms with Crippen molar-refractivity contribution in [3.05, 3.63) is 0 Å². The summed E-state index contributed by atoms with van der Waals surface area (Å²) < 4.78 is 5.44. The van der Waals surface area contributed by atoms with Gasteiger partial charge < -0.3 is 19.9 Å². The Morgan fingerprint density at radius 1 is 1.28 bits per heavy atom. The molecule has 1 saturated heterocycles. The summed E-state index contributed by atoms with van der Waals surface area (Å²) in [6, 6.07) is 0.180. The van der Waals surface area contributed by atoms with Crippen molar-refractivity contribution < 1.29 is 9.53 Å². The molecule has 0 aromatic heterocycles. The minimum Gasteiger partial charge on any atom is -0.379 e. The topological polar surface area (TPSA) is 44.8 Å². The fraction of sp³-hybridized carbons (Fsp3) is 0.923. The summed E-state index contributed by atoms with van der Waals surface area (Å²) in [6.07, 6.45) is 1.08. The van der Waals surface area contributed by atoms with Gasteiger partial charge in [0.15, 0.2) is 0 Å². The minimum atomic E-state index is -0.0243. The number of nitrogens with one attached hydrogen (secondary N) is 1. The van der Waals surface area contributed by atoms with Crippen LogP contribution in [0.15, 0.2) is 0 Å². The first-order valence-electron chi connectivity index (χ1n) is 6.77. The lowest BCUT2D eigenvalue weighted by atomic mass is 10.0. The Balaban J connectivity index is 2.43. The lowest BCUT2D eigenvalue weighted by molar-refractivity contribution is -0.134. The molecule has 1 heterocycles. The van der Waals surface area contributed by atoms with Crippen molar-refractivity contribution in [2.75, 3.05) is 54.0 Å². The highest BCUT2D eigenvalue weighted by atomic mass is 16.5. The highest BCUT2D eigenvalue weighted by molar-refractivity contribution is 5.79. The van der Waals surface area contributed by atoms with Crippen molar-refractivity contribution in [2.45, 2.75) is 19.4 Å². The summed E-state index contributed by atoms with van der Waals surface area (Å²) >= 11 is 0. The summed E-state index contributed by atoms with van der Waals surface area (Å²) in [7, 11) is 5.91. The summed E-state index contributed by atoms with van der Waals surface area (Å²) in [6.45, 7) is 5.93. The molecular weight excluding hydrogens is 230 g/mol. The van der Waals surface area contributed by atoms with Gasteiger partial charge in [0, 0.05) is 26.2 Å². The SMILES string of the molecule is CCCNC1COCC1C(=O)N(C)CCN(C)C. The van der Waals surface area contributed by atoms with Crippen molar-refractivity contribution in [1.82, 2.24) is 15.1 Å². The fourth-order valence-electron chi connectivity index (χ4n) is 2.07. The zero-order valence-corrected chi connectivity index (χ0v) is 12.1. The van der Waals surface area contributed by atoms with Gasteiger partial charge in [-0.1, -0.05) is 6.92 Å². The second kappa shape index (κ2) is 7.71. The van der Waals surface area contributed by atoms with Gasteiger partial charge in [0.1, 0.15) is 0 Å². The van der Waals surface area contributed by atoms with E-state index < -0.39 is 0 Å². The molecule has 0 saturated carbocycles. The van der Waals surface area contributed by atoms with E-state index in [4.69, 9.17) is 4.74 Å². The second-order valence-corrected chi connectivity index (χ2v) is 5.27. The quantitative estimate of drug-likeness (QED) is 0.698. The third kappa shape index (κ3) is 4.55. The molecule has 18 heavy (non-hydrogen) atoms. The third-order valence-electron chi connectivity index (χ3n) is 3.31. The summed E-state index contributed by atoms with van der Waals surface area (Å²) in [5, 5.41) is 3.40. The van der Waals surface area contributed by atoms with E-state index in [1.165, 1.54) is 0 Å². The molecule has 0 radical (unpaired) electrons. The van der Waals surface area contributed by atoms with Crippen LogP contribution in [0.1, 0.15) is 13.3 Å². The number of likely N-dealkylation sites (N-methyl/N-ethyl adjacent to an activating group) is 2. The first-order chi connectivity index (χ1) is 8.56. The molecule has 1 rings (SSSR count). The minimum absolute atomic E-state index is 0.0243. The lowest BCUT2D eigenvalue weighted by Gasteiger charge is -2.25. The predicted octanol–water partition coefficient (Wildman–Crippen LogP) is 0.0210. The van der Waals surface area contributed by atoms with Crippen LogP contribution in [0.2, 0.25) is 0 Å². The van der Waals surface area contributed by atoms with Gasteiger partial charge in [0.25, 0.3) is 0 Å². The number of hydrogen-bond donors (Lipinski definition) is 1. The van der Waals surface area contributed by atoms with Crippen LogP contribution >= 0.6 is 0 Å². The third-order valence-corrected chi connectivity index (χ3v) is 3.31. The molecule has 1 N–H and O–H groups in total. The molecular formula is C13H27N3O2. The Morgan fingerprint density at radius 3 is 2.61 bits per heavy atom. The Labute approximate surface area is 110 Å². The molecule has 1 aliphatic rings. The van der Waals surface area contributed by atoms with E-state index in [0.717, 1.165) is 26.1 Å². The first-order valence-corrected chi connectivity index (χ1v) is 6.77. The molecule has 1 aliphatic heterocycles. The van der Waals surface area contributed by atoms with E-state index in [2.05, 4.69) is 17.1 Å². The fourth-order valence-corrected chi connectivity index (χ4v) is 2.07. The van der Waals surface area contributed by atoms with Gasteiger partial charge in [-0.15, -0.1) is 0 Å². The smallest absolute Gasteiger partial charge is 0.229 e. The van der Waals surface area contributed by atoms with Crippen LogP contribution in [-0.2, 0) is 9.53 Å². The van der Waals surface area contributed by atoms with E-state index in [0.29, 0.717) is 13.2 Å². The molecule has 106 valence electrons. The van der Waals surface area contributed by atoms with Crippen molar-refractivity contribution in [1.29, 1.82) is 0 Å². The van der Waals surface area contributed by atoms with Crippen LogP contribution in [0.4, 0.5) is 0 Å². The monoisotopic (exact) mass is 257 g/mol. The van der Waals surface area contributed by atoms with Crippen LogP contribution < -0.4 is 5.32 Å². The average Bonchev–Trinajstić information content (AvgIpc) is 2.80. The normalized spacial score (nSPS) is 23.6. The molecule has 0 aromatic rings. The van der Waals surface area contributed by atoms with Gasteiger partial charge in [0.2, 0.25) is 5.91 Å². The number of hydrogen-bond acceptors (Lipinski definition) is 4. The van der Waals surface area contributed by atoms with E-state index in [-0.39, 0.29) is 17.9 Å². The number of nitrogens with zero attached hydrogens (tertiary/aromatic N) is 2. The summed E-state index contributed by atoms with van der Waals surface area (Å²) in [5.74, 6) is 0.173. The predicted molar refractivity (Wildman–Crippen MR) is 72.6 cm³/mol. The maximum absolute atomic E-state index is 12.3. The van der Waals surface area contributed by atoms with Crippen molar-refractivity contribution in [3.8, 4) is 0 Å². The average molecular weight is 257 g/mol. The zero-order chi connectivity index (χ0) is 13.5. The van der Waals surface area contributed by atoms with E-state index in [9.17, 15) is 4.79 Å². The molecule has 0 aromatic carbocycles. The van der Waals surface area contributed by atoms with E-state index in [1.807, 2.05) is 26.0 Å². The Hall–Kier alpha value is -0.650. The van der Waals surface area contributed by atoms with Gasteiger partial charge >= 0.3 is 0 Å². The van der Waals surface area contributed by atoms with E-state index in [1.54, 1.807) is 0 Å². The van der Waals surface area contributed by atoms with Crippen LogP contribution in [0.3, 0.4) is 0 Å². The van der Waals surface area contributed by atoms with Crippen LogP contribution in [0.5, 0.6) is 0 Å². The highest BCUT2D eigenvalue weighted by Gasteiger charge is 2.35. The highest BCUT2D eigenvalue weighted by Crippen LogP contribution is 2.16. The number of ether oxygens (including phenoxy) is 1. The second-order valence-electron chi connectivity index (χ2n) is 5.27. The molecule has 2 unspecified atom stereocenters. The maximum atomic E-state index is 12.3. The molecule has 0 aliphatic carbocycles. The Bertz CT molecular complexity index is 259. The van der Waals surface area contributed by atoms with Crippen LogP contribution in [-0.4, -0.2) is 75.7 Å². The molecule has 5 heteroatoms. The van der Waals surface area contributed by atoms with Gasteiger partial charge in [-0.25, -0.2) is 0 Å². The first kappa shape index (κ1) is 15.4. The number of carbonyl (C=O) groups is 1. The molecule has 5 nitrogen and oxygen atoms in total. The van der Waals surface area contributed by atoms with Gasteiger partial charge in [-0.3, -0.25) is 4.79 Å². The van der Waals surface area contributed by atoms with Crippen molar-refractivity contribution in [2.24, 2.45) is 5.92 Å². The van der Waals surface area contributed by atoms with Crippen LogP contribution in [0, 0.1) is 5.92 Å². The molecule has 0 spiro atoms. The van der Waals surface area contributed by atoms with Gasteiger partial charge in [-0.2, -0.15) is 0 Å². The molecule has 0 bridgehead atoms. The lowest BCUT2D eigenvalue weighted by Crippen LogP contribution is -2.46. The van der Waals surface area contributed by atoms with Crippen LogP contribution in [0.25, 0.3) is 0 Å². The van der Waals surface area contributed by atoms with Crippen molar-refractivity contribution >= 4 is 5.91 Å². The van der Waals surface area contributed by atoms with Gasteiger partial charge in [-0.05, 0) is 27.1 Å². The number of carbonyl (C=O) groups excluding carboxylic acids is 1. The standard InChI is InChI=1S/C13H27N3O2/c1-5-6-14-12-10-18-9-11(12)13(17)16(4)8-7-15(2)3/h11-12,14H,5-10H2,1-4H3. The largest absolute Gasteiger partial charge is 0.379 e. The molecule has 2 atom stereocenters. The molecule has 1 fully saturated rings. The summed E-state index contributed by atoms with van der Waals surface area (Å²) in [5.41, 5.74) is 0.